The molecule has 0 aromatic carbocycles. The fourth-order valence-electron chi connectivity index (χ4n) is 31.5. The second kappa shape index (κ2) is 38.2. The van der Waals surface area contributed by atoms with Crippen LogP contribution in [-0.2, 0) is 9.59 Å². The Bertz CT molecular complexity index is 5640. The van der Waals surface area contributed by atoms with Gasteiger partial charge in [-0.2, -0.15) is 5.10 Å². The van der Waals surface area contributed by atoms with Gasteiger partial charge in [0.05, 0.1) is 109 Å². The van der Waals surface area contributed by atoms with Crippen LogP contribution in [0.3, 0.4) is 0 Å². The molecule has 9 heterocycles. The molecule has 37 nitrogen and oxygen atoms in total. The van der Waals surface area contributed by atoms with Gasteiger partial charge in [-0.3, -0.25) is 14.2 Å². The van der Waals surface area contributed by atoms with Crippen molar-refractivity contribution in [2.45, 2.75) is 318 Å². The number of fused-ring (bicyclic) bond motifs is 18. The maximum atomic E-state index is 12.8. The lowest BCUT2D eigenvalue weighted by Crippen LogP contribution is -2.67. The highest BCUT2D eigenvalue weighted by Gasteiger charge is 2.75. The molecule has 0 bridgehead atoms. The summed E-state index contributed by atoms with van der Waals surface area (Å²) in [4.78, 5) is 65.4. The van der Waals surface area contributed by atoms with E-state index in [1.165, 1.54) is 82.2 Å². The molecule has 8 aromatic heterocycles. The van der Waals surface area contributed by atoms with Crippen molar-refractivity contribution in [3.05, 3.63) is 62.4 Å². The van der Waals surface area contributed by atoms with Gasteiger partial charge in [0.25, 0.3) is 0 Å². The average Bonchev–Trinajstić information content (AvgIpc) is 1.10. The molecule has 0 amide bonds. The van der Waals surface area contributed by atoms with E-state index in [2.05, 4.69) is 167 Å². The Labute approximate surface area is 807 Å². The lowest BCUT2D eigenvalue weighted by molar-refractivity contribution is -0.249. The maximum absolute atomic E-state index is 12.8. The van der Waals surface area contributed by atoms with Gasteiger partial charge in [0.15, 0.2) is 51.1 Å². The molecule has 13 saturated carbocycles. The van der Waals surface area contributed by atoms with E-state index in [9.17, 15) is 55.5 Å². The first kappa shape index (κ1) is 102. The Morgan fingerprint density at radius 1 is 0.493 bits per heavy atom. The molecule has 0 spiro atoms. The first-order chi connectivity index (χ1) is 65.2. The Hall–Kier alpha value is -8.73. The second-order valence-corrected chi connectivity index (χ2v) is 46.8. The number of β-amino-alcohol motifs (C(OH)–C–C–N with tert-alkyl or cyclic N) is 1. The fourth-order valence-corrected chi connectivity index (χ4v) is 31.5. The third-order valence-corrected chi connectivity index (χ3v) is 40.1. The number of rotatable bonds is 11. The number of piperidine rings is 1. The van der Waals surface area contributed by atoms with Crippen molar-refractivity contribution < 1.29 is 76.0 Å². The molecule has 138 heavy (non-hydrogen) atoms. The van der Waals surface area contributed by atoms with Crippen molar-refractivity contribution in [2.24, 2.45) is 131 Å². The number of allylic oxidation sites excluding steroid dienone is 1. The van der Waals surface area contributed by atoms with E-state index in [-0.39, 0.29) is 129 Å². The number of imidazole rings is 2. The lowest BCUT2D eigenvalue weighted by atomic mass is 9.32. The molecule has 14 fully saturated rings. The molecule has 32 atom stereocenters. The number of carboxylic acids is 2. The quantitative estimate of drug-likeness (QED) is 0.0535. The Kier molecular flexibility index (Phi) is 28.3. The van der Waals surface area contributed by atoms with Crippen LogP contribution in [0.1, 0.15) is 263 Å². The molecule has 37 heteroatoms. The normalized spacial score (nSPS) is 40.7. The molecule has 8 aromatic rings. The number of carboxylic acid groups (broad SMARTS) is 2. The molecule has 14 aliphatic rings. The van der Waals surface area contributed by atoms with Gasteiger partial charge in [-0.05, 0) is 276 Å². The molecule has 0 radical (unpaired) electrons. The molecule has 22 N–H and O–H groups in total. The zero-order valence-corrected chi connectivity index (χ0v) is 83.0. The number of aromatic nitrogens is 17. The van der Waals surface area contributed by atoms with Crippen LogP contribution in [0.4, 0.5) is 23.3 Å². The van der Waals surface area contributed by atoms with E-state index in [1.807, 2.05) is 4.57 Å². The van der Waals surface area contributed by atoms with Gasteiger partial charge in [0.1, 0.15) is 49.1 Å². The Morgan fingerprint density at radius 3 is 1.46 bits per heavy atom. The molecule has 1 saturated heterocycles. The zero-order chi connectivity index (χ0) is 99.8. The number of nitrogens with two attached hydrogens (primary N) is 4. The number of aliphatic hydroxyl groups is 11. The van der Waals surface area contributed by atoms with Gasteiger partial charge < -0.3 is 99.2 Å². The number of anilines is 4. The van der Waals surface area contributed by atoms with Gasteiger partial charge in [-0.25, -0.2) is 59.2 Å². The highest BCUT2D eigenvalue weighted by molar-refractivity contribution is 5.85. The van der Waals surface area contributed by atoms with Crippen molar-refractivity contribution in [3.8, 4) is 0 Å². The van der Waals surface area contributed by atoms with Crippen LogP contribution in [0.5, 0.6) is 0 Å². The first-order valence-corrected chi connectivity index (χ1v) is 50.6. The fraction of sp³-hybridized carbons (Fsp3) is 0.752. The Balaban J connectivity index is 0.000000121. The van der Waals surface area contributed by atoms with Gasteiger partial charge in [0.2, 0.25) is 0 Å². The number of aliphatic hydroxyl groups excluding tert-OH is 11. The minimum Gasteiger partial charge on any atom is -0.481 e. The third kappa shape index (κ3) is 16.7. The summed E-state index contributed by atoms with van der Waals surface area (Å²) < 4.78 is 6.82. The van der Waals surface area contributed by atoms with Crippen molar-refractivity contribution in [1.82, 2.24) is 89.1 Å². The van der Waals surface area contributed by atoms with Crippen LogP contribution < -0.4 is 28.3 Å². The van der Waals surface area contributed by atoms with E-state index in [1.54, 1.807) is 52.0 Å². The average molecular weight is 1920 g/mol. The summed E-state index contributed by atoms with van der Waals surface area (Å²) in [5, 5.41) is 141. The summed E-state index contributed by atoms with van der Waals surface area (Å²) in [7, 11) is 0. The molecule has 1 aliphatic heterocycles. The van der Waals surface area contributed by atoms with E-state index in [0.29, 0.717) is 141 Å². The zero-order valence-electron chi connectivity index (χ0n) is 83.0. The lowest BCUT2D eigenvalue weighted by Gasteiger charge is -2.72. The van der Waals surface area contributed by atoms with Crippen LogP contribution in [0.2, 0.25) is 0 Å². The van der Waals surface area contributed by atoms with Crippen molar-refractivity contribution in [2.75, 3.05) is 49.3 Å². The molecule has 22 rings (SSSR count). The summed E-state index contributed by atoms with van der Waals surface area (Å²) >= 11 is 0. The topological polar surface area (TPSA) is 601 Å². The number of nitrogens with one attached hydrogen (secondary N) is 1. The van der Waals surface area contributed by atoms with E-state index in [4.69, 9.17) is 43.4 Å². The number of nitrogens with zero attached hydrogens (tertiary/aromatic N) is 17. The predicted molar refractivity (Wildman–Crippen MR) is 520 cm³/mol. The molecule has 758 valence electrons. The highest BCUT2D eigenvalue weighted by Crippen LogP contribution is 2.80. The van der Waals surface area contributed by atoms with E-state index < -0.39 is 53.3 Å². The first-order valence-electron chi connectivity index (χ1n) is 50.6. The van der Waals surface area contributed by atoms with Crippen molar-refractivity contribution in [3.63, 3.8) is 0 Å². The summed E-state index contributed by atoms with van der Waals surface area (Å²) in [6, 6.07) is -0.149. The molecule has 13 aliphatic carbocycles. The SMILES string of the molecule is C=C(C)[C@@H]1CC[C@]2(C(=O)O)CC[C@]3(C)[C@H](CC[C@@H]4[C@@]5(C)CC[C@H](O)C(C)(C)[C@@H]5CC[C@]43C)[C@@H]12.CC(C)[C@@H]1CC[C@]2(C(=O)O)CC[C@]3(C)[C@H](CC[C@@H]4[C@@]5(C)CC[C@H](O)C(C)(C)[C@@H]5CC[C@]43C)[C@@H]12.C[C@H]1NC[C@H](O)[C@@H](O)[C@H]1O.Nc1ncnc2c1cnn2C1CC(O)[C@H]1CO.Nc1ncnc2c1ncn2/C=C\CO.Nc1ncnc2c1ncn2C1CC1O.Nc1ncnc2c1nnn2C1CC(O)[C@H]1CO. The number of hydrogen-bond donors (Lipinski definition) is 18. The van der Waals surface area contributed by atoms with Crippen LogP contribution in [0.15, 0.2) is 62.4 Å². The largest absolute Gasteiger partial charge is 0.481 e. The molecular formula is C101H154N22O15. The summed E-state index contributed by atoms with van der Waals surface area (Å²) in [6.45, 7) is 37.9. The van der Waals surface area contributed by atoms with Gasteiger partial charge in [0, 0.05) is 30.6 Å². The predicted octanol–water partition coefficient (Wildman–Crippen LogP) is 9.95. The minimum absolute atomic E-state index is 0.00863. The third-order valence-electron chi connectivity index (χ3n) is 40.1. The number of carbonyl (C=O) groups is 2. The minimum atomic E-state index is -1.00. The summed E-state index contributed by atoms with van der Waals surface area (Å²) in [6.07, 6.45) is 32.8. The smallest absolute Gasteiger partial charge is 0.309 e. The van der Waals surface area contributed by atoms with Gasteiger partial charge >= 0.3 is 11.9 Å². The van der Waals surface area contributed by atoms with E-state index in [0.717, 1.165) is 83.5 Å². The monoisotopic (exact) mass is 1920 g/mol. The van der Waals surface area contributed by atoms with Crippen LogP contribution in [-0.4, -0.2) is 243 Å². The van der Waals surface area contributed by atoms with Crippen LogP contribution >= 0.6 is 0 Å². The number of hydrogen-bond acceptors (Lipinski definition) is 31. The van der Waals surface area contributed by atoms with E-state index >= 15 is 0 Å². The standard InChI is InChI=1S/C30H50O3.C30H48O3.C10H13N5O2.C9H12N6O2.2C8H9N5O.C6H13NO3/c2*1-18(2)19-10-15-30(25(32)33)17-16-28(6)20(24(19)30)8-9-22-27(5)13-12-23(31)26(3,4)21(27)11-14-29(22,28)7;11-9-5-2-14-15(10(5)13-4-12-9)7-1-8(17)6(7)3-16;10-8-7-9(12-3-11-8)15(14-13-7)5-1-6(17)4(5)2-16;9-7-6-8(11-2-10-7)13(3-12-6)4-1-5(4)14;9-7-6-8(11-4-10-7)13(5-12-6)2-1-3-14;1-3-5(9)6(10)4(8)2-7-3/h18-24,31H,8-17H2,1-7H3,(H,32,33);19-24,31H,1,8-17H2,2-7H3,(H,32,33);2,4,6-8,16-17H,1,3H2,(H2,11,12,13);3-6,16-17H,1-2H2,(H2,10,11,12);2-5,14H,1H2,(H2,9,10,11);1-2,4-5,14H,3H2,(H2,9,10,11);3-10H,2H2,1H3/b;;;;;2-1-;/t2*19-,20+,21-,22+,23-,24+,27-,28+,29+,30-;6-,7?,8?;4-,5?,6?;;;3-,4+,5+,6-/m0000..1/s1. The summed E-state index contributed by atoms with van der Waals surface area (Å²) in [5.74, 6) is 5.58. The number of aliphatic carboxylic acids is 2. The summed E-state index contributed by atoms with van der Waals surface area (Å²) in [5.41, 5.74) is 28.4. The van der Waals surface area contributed by atoms with Gasteiger partial charge in [-0.15, -0.1) is 5.10 Å². The molecular weight excluding hydrogens is 1760 g/mol. The van der Waals surface area contributed by atoms with Crippen LogP contribution in [0.25, 0.3) is 50.7 Å². The van der Waals surface area contributed by atoms with Crippen LogP contribution in [0, 0.1) is 131 Å². The number of nitrogen functional groups attached to an aromatic ring is 4. The Morgan fingerprint density at radius 2 is 0.964 bits per heavy atom. The second-order valence-electron chi connectivity index (χ2n) is 46.8. The van der Waals surface area contributed by atoms with Crippen molar-refractivity contribution in [1.29, 1.82) is 0 Å². The molecule has 6 unspecified atom stereocenters. The van der Waals surface area contributed by atoms with Gasteiger partial charge in [-0.1, -0.05) is 100 Å². The van der Waals surface area contributed by atoms with Crippen molar-refractivity contribution >= 4 is 85.9 Å². The highest BCUT2D eigenvalue weighted by atomic mass is 16.4. The maximum Gasteiger partial charge on any atom is 0.309 e.